The Balaban J connectivity index is 1.91. The van der Waals surface area contributed by atoms with Gasteiger partial charge in [0.15, 0.2) is 0 Å². The molecule has 0 saturated carbocycles. The van der Waals surface area contributed by atoms with Gasteiger partial charge in [0.05, 0.1) is 18.8 Å². The second-order valence-corrected chi connectivity index (χ2v) is 5.96. The molecule has 4 nitrogen and oxygen atoms in total. The molecule has 1 saturated heterocycles. The van der Waals surface area contributed by atoms with E-state index in [1.54, 1.807) is 16.8 Å². The molecule has 1 aliphatic rings. The van der Waals surface area contributed by atoms with E-state index in [4.69, 9.17) is 4.74 Å². The second-order valence-electron chi connectivity index (χ2n) is 5.96. The van der Waals surface area contributed by atoms with Gasteiger partial charge < -0.3 is 9.64 Å². The number of hydrogen-bond donors (Lipinski definition) is 0. The standard InChI is InChI=1S/C16H22F2N2O2/c1-11-7-20(8-12(2)22-11)16(21)10-19(3)9-13-4-5-14(17)6-15(13)18/h4-6,11-12H,7-10H2,1-3H3. The van der Waals surface area contributed by atoms with Gasteiger partial charge in [0.2, 0.25) is 5.91 Å². The van der Waals surface area contributed by atoms with Crippen LogP contribution in [0.3, 0.4) is 0 Å². The minimum absolute atomic E-state index is 0.00739. The van der Waals surface area contributed by atoms with Crippen molar-refractivity contribution >= 4 is 5.91 Å². The third-order valence-corrected chi connectivity index (χ3v) is 3.63. The van der Waals surface area contributed by atoms with Crippen molar-refractivity contribution in [3.05, 3.63) is 35.4 Å². The molecular weight excluding hydrogens is 290 g/mol. The van der Waals surface area contributed by atoms with Gasteiger partial charge in [-0.2, -0.15) is 0 Å². The molecule has 0 bridgehead atoms. The topological polar surface area (TPSA) is 32.8 Å². The average molecular weight is 312 g/mol. The van der Waals surface area contributed by atoms with E-state index in [0.717, 1.165) is 6.07 Å². The molecule has 2 atom stereocenters. The Morgan fingerprint density at radius 1 is 1.32 bits per heavy atom. The summed E-state index contributed by atoms with van der Waals surface area (Å²) in [6.07, 6.45) is 0.0418. The number of carbonyl (C=O) groups excluding carboxylic acids is 1. The van der Waals surface area contributed by atoms with Crippen molar-refractivity contribution in [1.29, 1.82) is 0 Å². The number of carbonyl (C=O) groups is 1. The van der Waals surface area contributed by atoms with Crippen molar-refractivity contribution in [3.8, 4) is 0 Å². The van der Waals surface area contributed by atoms with E-state index in [2.05, 4.69) is 0 Å². The van der Waals surface area contributed by atoms with Crippen LogP contribution in [0.5, 0.6) is 0 Å². The molecule has 1 amide bonds. The zero-order chi connectivity index (χ0) is 16.3. The predicted molar refractivity (Wildman–Crippen MR) is 79.3 cm³/mol. The Morgan fingerprint density at radius 3 is 2.55 bits per heavy atom. The van der Waals surface area contributed by atoms with Crippen LogP contribution in [0.2, 0.25) is 0 Å². The summed E-state index contributed by atoms with van der Waals surface area (Å²) in [5.74, 6) is -1.20. The monoisotopic (exact) mass is 312 g/mol. The highest BCUT2D eigenvalue weighted by molar-refractivity contribution is 5.78. The van der Waals surface area contributed by atoms with E-state index < -0.39 is 11.6 Å². The molecule has 1 aromatic carbocycles. The van der Waals surface area contributed by atoms with E-state index in [0.29, 0.717) is 18.7 Å². The van der Waals surface area contributed by atoms with Crippen molar-refractivity contribution in [2.45, 2.75) is 32.6 Å². The Morgan fingerprint density at radius 2 is 1.95 bits per heavy atom. The first-order valence-electron chi connectivity index (χ1n) is 7.41. The molecule has 1 heterocycles. The molecular formula is C16H22F2N2O2. The van der Waals surface area contributed by atoms with Gasteiger partial charge in [-0.3, -0.25) is 9.69 Å². The largest absolute Gasteiger partial charge is 0.372 e. The number of benzene rings is 1. The summed E-state index contributed by atoms with van der Waals surface area (Å²) in [6, 6.07) is 3.49. The van der Waals surface area contributed by atoms with Crippen molar-refractivity contribution in [3.63, 3.8) is 0 Å². The molecule has 1 aliphatic heterocycles. The van der Waals surface area contributed by atoms with E-state index >= 15 is 0 Å². The molecule has 0 radical (unpaired) electrons. The van der Waals surface area contributed by atoms with Crippen molar-refractivity contribution in [2.75, 3.05) is 26.7 Å². The SMILES string of the molecule is CC1CN(C(=O)CN(C)Cc2ccc(F)cc2F)CC(C)O1. The Hall–Kier alpha value is -1.53. The smallest absolute Gasteiger partial charge is 0.236 e. The molecule has 2 rings (SSSR count). The van der Waals surface area contributed by atoms with Crippen LogP contribution < -0.4 is 0 Å². The molecule has 0 N–H and O–H groups in total. The number of likely N-dealkylation sites (N-methyl/N-ethyl adjacent to an activating group) is 1. The van der Waals surface area contributed by atoms with Crippen LogP contribution in [0.15, 0.2) is 18.2 Å². The van der Waals surface area contributed by atoms with Gasteiger partial charge in [0.1, 0.15) is 11.6 Å². The number of morpholine rings is 1. The predicted octanol–water partition coefficient (Wildman–Crippen LogP) is 2.03. The summed E-state index contributed by atoms with van der Waals surface area (Å²) in [4.78, 5) is 15.8. The number of amides is 1. The summed E-state index contributed by atoms with van der Waals surface area (Å²) in [6.45, 7) is 5.47. The second kappa shape index (κ2) is 7.15. The normalized spacial score (nSPS) is 22.2. The Labute approximate surface area is 129 Å². The van der Waals surface area contributed by atoms with Crippen LogP contribution in [0.1, 0.15) is 19.4 Å². The van der Waals surface area contributed by atoms with Gasteiger partial charge in [-0.05, 0) is 27.0 Å². The van der Waals surface area contributed by atoms with Crippen molar-refractivity contribution in [1.82, 2.24) is 9.80 Å². The highest BCUT2D eigenvalue weighted by Gasteiger charge is 2.26. The third kappa shape index (κ3) is 4.48. The fourth-order valence-electron chi connectivity index (χ4n) is 2.71. The maximum Gasteiger partial charge on any atom is 0.236 e. The summed E-state index contributed by atoms with van der Waals surface area (Å²) in [7, 11) is 1.74. The fraction of sp³-hybridized carbons (Fsp3) is 0.562. The molecule has 6 heteroatoms. The van der Waals surface area contributed by atoms with E-state index in [9.17, 15) is 13.6 Å². The third-order valence-electron chi connectivity index (χ3n) is 3.63. The van der Waals surface area contributed by atoms with Gasteiger partial charge in [0.25, 0.3) is 0 Å². The molecule has 1 fully saturated rings. The number of halogens is 2. The maximum absolute atomic E-state index is 13.6. The summed E-state index contributed by atoms with van der Waals surface area (Å²) >= 11 is 0. The molecule has 1 aromatic rings. The first kappa shape index (κ1) is 16.8. The Bertz CT molecular complexity index is 529. The minimum atomic E-state index is -0.601. The molecule has 0 aliphatic carbocycles. The van der Waals surface area contributed by atoms with E-state index in [1.807, 2.05) is 13.8 Å². The van der Waals surface area contributed by atoms with Gasteiger partial charge in [-0.25, -0.2) is 8.78 Å². The van der Waals surface area contributed by atoms with Gasteiger partial charge in [-0.15, -0.1) is 0 Å². The average Bonchev–Trinajstić information content (AvgIpc) is 2.40. The van der Waals surface area contributed by atoms with Crippen LogP contribution in [0.25, 0.3) is 0 Å². The fourth-order valence-corrected chi connectivity index (χ4v) is 2.71. The van der Waals surface area contributed by atoms with Crippen LogP contribution in [-0.2, 0) is 16.1 Å². The lowest BCUT2D eigenvalue weighted by Crippen LogP contribution is -2.50. The minimum Gasteiger partial charge on any atom is -0.372 e. The van der Waals surface area contributed by atoms with Crippen molar-refractivity contribution < 1.29 is 18.3 Å². The number of rotatable bonds is 4. The molecule has 0 spiro atoms. The van der Waals surface area contributed by atoms with Crippen LogP contribution in [-0.4, -0.2) is 54.6 Å². The highest BCUT2D eigenvalue weighted by Crippen LogP contribution is 2.13. The Kier molecular flexibility index (Phi) is 5.47. The van der Waals surface area contributed by atoms with Crippen LogP contribution in [0.4, 0.5) is 8.78 Å². The zero-order valence-corrected chi connectivity index (χ0v) is 13.2. The lowest BCUT2D eigenvalue weighted by molar-refractivity contribution is -0.144. The molecule has 2 unspecified atom stereocenters. The lowest BCUT2D eigenvalue weighted by Gasteiger charge is -2.36. The van der Waals surface area contributed by atoms with Gasteiger partial charge in [-0.1, -0.05) is 6.07 Å². The van der Waals surface area contributed by atoms with Crippen molar-refractivity contribution in [2.24, 2.45) is 0 Å². The number of ether oxygens (including phenoxy) is 1. The molecule has 122 valence electrons. The first-order chi connectivity index (χ1) is 10.3. The van der Waals surface area contributed by atoms with Gasteiger partial charge in [0, 0.05) is 31.3 Å². The highest BCUT2D eigenvalue weighted by atomic mass is 19.1. The molecule has 22 heavy (non-hydrogen) atoms. The maximum atomic E-state index is 13.6. The van der Waals surface area contributed by atoms with Gasteiger partial charge >= 0.3 is 0 Å². The molecule has 0 aromatic heterocycles. The van der Waals surface area contributed by atoms with E-state index in [-0.39, 0.29) is 31.2 Å². The first-order valence-corrected chi connectivity index (χ1v) is 7.41. The summed E-state index contributed by atoms with van der Waals surface area (Å²) < 4.78 is 32.1. The summed E-state index contributed by atoms with van der Waals surface area (Å²) in [5, 5.41) is 0. The number of nitrogens with zero attached hydrogens (tertiary/aromatic N) is 2. The summed E-state index contributed by atoms with van der Waals surface area (Å²) in [5.41, 5.74) is 0.375. The number of hydrogen-bond acceptors (Lipinski definition) is 3. The van der Waals surface area contributed by atoms with E-state index in [1.165, 1.54) is 12.1 Å². The zero-order valence-electron chi connectivity index (χ0n) is 13.2. The quantitative estimate of drug-likeness (QED) is 0.853. The van der Waals surface area contributed by atoms with Crippen LogP contribution in [0, 0.1) is 11.6 Å². The van der Waals surface area contributed by atoms with Crippen LogP contribution >= 0.6 is 0 Å². The lowest BCUT2D eigenvalue weighted by atomic mass is 10.2.